The van der Waals surface area contributed by atoms with E-state index in [0.717, 1.165) is 16.9 Å². The van der Waals surface area contributed by atoms with Gasteiger partial charge < -0.3 is 15.6 Å². The van der Waals surface area contributed by atoms with Gasteiger partial charge in [0.15, 0.2) is 0 Å². The Bertz CT molecular complexity index is 648. The third kappa shape index (κ3) is 3.12. The number of benzene rings is 1. The van der Waals surface area contributed by atoms with Crippen LogP contribution in [0.25, 0.3) is 11.0 Å². The zero-order valence-electron chi connectivity index (χ0n) is 10.8. The highest BCUT2D eigenvalue weighted by Crippen LogP contribution is 2.13. The van der Waals surface area contributed by atoms with E-state index in [9.17, 15) is 4.79 Å². The average Bonchev–Trinajstić information content (AvgIpc) is 2.75. The fourth-order valence-corrected chi connectivity index (χ4v) is 1.77. The number of amides is 1. The zero-order chi connectivity index (χ0) is 13.7. The lowest BCUT2D eigenvalue weighted by Crippen LogP contribution is -2.30. The summed E-state index contributed by atoms with van der Waals surface area (Å²) in [4.78, 5) is 15.4. The minimum atomic E-state index is -0.197. The molecule has 1 heterocycles. The van der Waals surface area contributed by atoms with Crippen LogP contribution in [0.4, 0.5) is 0 Å². The van der Waals surface area contributed by atoms with Crippen molar-refractivity contribution in [2.75, 3.05) is 13.1 Å². The molecular weight excluding hydrogens is 240 g/mol. The second kappa shape index (κ2) is 6.03. The number of hydrogen-bond acceptors (Lipinski definition) is 3. The number of carbonyl (C=O) groups is 1. The first-order valence-electron chi connectivity index (χ1n) is 6.05. The van der Waals surface area contributed by atoms with Gasteiger partial charge in [-0.2, -0.15) is 0 Å². The fraction of sp³-hybridized carbons (Fsp3) is 0.286. The molecule has 0 fully saturated rings. The molecule has 1 amide bonds. The van der Waals surface area contributed by atoms with Gasteiger partial charge in [0, 0.05) is 7.05 Å². The van der Waals surface area contributed by atoms with Crippen LogP contribution in [-0.4, -0.2) is 28.5 Å². The molecule has 0 aliphatic carbocycles. The monoisotopic (exact) mass is 256 g/mol. The summed E-state index contributed by atoms with van der Waals surface area (Å²) in [7, 11) is 1.97. The van der Waals surface area contributed by atoms with Gasteiger partial charge in [-0.15, -0.1) is 0 Å². The molecule has 0 radical (unpaired) electrons. The van der Waals surface area contributed by atoms with Crippen LogP contribution in [-0.2, 0) is 18.3 Å². The minimum Gasteiger partial charge on any atom is -0.344 e. The van der Waals surface area contributed by atoms with Gasteiger partial charge in [-0.25, -0.2) is 4.98 Å². The maximum Gasteiger partial charge on any atom is 0.234 e. The fourth-order valence-electron chi connectivity index (χ4n) is 1.77. The van der Waals surface area contributed by atoms with Crippen molar-refractivity contribution in [2.24, 2.45) is 12.8 Å². The van der Waals surface area contributed by atoms with Crippen molar-refractivity contribution in [3.8, 4) is 11.8 Å². The summed E-state index contributed by atoms with van der Waals surface area (Å²) in [5.41, 5.74) is 7.23. The SMILES string of the molecule is Cn1c(CC#CCNC(=O)CN)nc2ccccc21. The first-order chi connectivity index (χ1) is 9.22. The molecule has 1 aromatic heterocycles. The summed E-state index contributed by atoms with van der Waals surface area (Å²) >= 11 is 0. The lowest BCUT2D eigenvalue weighted by Gasteiger charge is -1.97. The number of carbonyl (C=O) groups excluding carboxylic acids is 1. The van der Waals surface area contributed by atoms with Crippen molar-refractivity contribution in [1.82, 2.24) is 14.9 Å². The van der Waals surface area contributed by atoms with Gasteiger partial charge in [0.2, 0.25) is 5.91 Å². The van der Waals surface area contributed by atoms with Crippen LogP contribution >= 0.6 is 0 Å². The molecule has 0 aliphatic heterocycles. The standard InChI is InChI=1S/C14H16N4O/c1-18-12-7-3-2-6-11(12)17-13(18)8-4-5-9-16-14(19)10-15/h2-3,6-7H,8-10,15H2,1H3,(H,16,19). The Morgan fingerprint density at radius 1 is 1.42 bits per heavy atom. The molecule has 5 nitrogen and oxygen atoms in total. The van der Waals surface area contributed by atoms with E-state index in [1.807, 2.05) is 35.9 Å². The Kier molecular flexibility index (Phi) is 4.16. The number of aryl methyl sites for hydroxylation is 1. The number of nitrogens with two attached hydrogens (primary N) is 1. The molecule has 2 aromatic rings. The van der Waals surface area contributed by atoms with Crippen molar-refractivity contribution in [2.45, 2.75) is 6.42 Å². The zero-order valence-corrected chi connectivity index (χ0v) is 10.8. The van der Waals surface area contributed by atoms with E-state index in [4.69, 9.17) is 5.73 Å². The lowest BCUT2D eigenvalue weighted by atomic mass is 10.3. The van der Waals surface area contributed by atoms with Gasteiger partial charge in [0.05, 0.1) is 30.5 Å². The second-order valence-electron chi connectivity index (χ2n) is 4.09. The van der Waals surface area contributed by atoms with Gasteiger partial charge in [-0.3, -0.25) is 4.79 Å². The molecule has 3 N–H and O–H groups in total. The first kappa shape index (κ1) is 13.1. The quantitative estimate of drug-likeness (QED) is 0.770. The van der Waals surface area contributed by atoms with E-state index >= 15 is 0 Å². The number of fused-ring (bicyclic) bond motifs is 1. The average molecular weight is 256 g/mol. The topological polar surface area (TPSA) is 72.9 Å². The number of nitrogens with one attached hydrogen (secondary N) is 1. The largest absolute Gasteiger partial charge is 0.344 e. The van der Waals surface area contributed by atoms with Gasteiger partial charge in [0.1, 0.15) is 5.82 Å². The molecular formula is C14H16N4O. The number of para-hydroxylation sites is 2. The molecule has 19 heavy (non-hydrogen) atoms. The highest BCUT2D eigenvalue weighted by molar-refractivity contribution is 5.78. The molecule has 0 atom stereocenters. The predicted molar refractivity (Wildman–Crippen MR) is 74.3 cm³/mol. The molecule has 0 saturated heterocycles. The summed E-state index contributed by atoms with van der Waals surface area (Å²) < 4.78 is 2.03. The minimum absolute atomic E-state index is 0.00750. The summed E-state index contributed by atoms with van der Waals surface area (Å²) in [6.45, 7) is 0.312. The molecule has 1 aromatic carbocycles. The van der Waals surface area contributed by atoms with Crippen molar-refractivity contribution >= 4 is 16.9 Å². The highest BCUT2D eigenvalue weighted by Gasteiger charge is 2.04. The predicted octanol–water partition coefficient (Wildman–Crippen LogP) is 0.194. The van der Waals surface area contributed by atoms with Crippen LogP contribution in [0.1, 0.15) is 5.82 Å². The number of nitrogens with zero attached hydrogens (tertiary/aromatic N) is 2. The molecule has 0 saturated carbocycles. The molecule has 0 bridgehead atoms. The Morgan fingerprint density at radius 3 is 2.95 bits per heavy atom. The summed E-state index contributed by atoms with van der Waals surface area (Å²) in [5.74, 6) is 6.59. The van der Waals surface area contributed by atoms with Gasteiger partial charge >= 0.3 is 0 Å². The molecule has 2 rings (SSSR count). The highest BCUT2D eigenvalue weighted by atomic mass is 16.1. The van der Waals surface area contributed by atoms with Crippen molar-refractivity contribution in [1.29, 1.82) is 0 Å². The Balaban J connectivity index is 2.00. The molecule has 0 spiro atoms. The van der Waals surface area contributed by atoms with Crippen LogP contribution in [0.2, 0.25) is 0 Å². The number of hydrogen-bond donors (Lipinski definition) is 2. The smallest absolute Gasteiger partial charge is 0.234 e. The van der Waals surface area contributed by atoms with Crippen molar-refractivity contribution in [3.05, 3.63) is 30.1 Å². The van der Waals surface area contributed by atoms with E-state index < -0.39 is 0 Å². The van der Waals surface area contributed by atoms with Crippen LogP contribution in [0.15, 0.2) is 24.3 Å². The molecule has 5 heteroatoms. The maximum atomic E-state index is 10.9. The maximum absolute atomic E-state index is 10.9. The van der Waals surface area contributed by atoms with Crippen LogP contribution in [0.3, 0.4) is 0 Å². The second-order valence-corrected chi connectivity index (χ2v) is 4.09. The Hall–Kier alpha value is -2.32. The van der Waals surface area contributed by atoms with Gasteiger partial charge in [-0.1, -0.05) is 24.0 Å². The van der Waals surface area contributed by atoms with Crippen LogP contribution in [0.5, 0.6) is 0 Å². The lowest BCUT2D eigenvalue weighted by molar-refractivity contribution is -0.119. The summed E-state index contributed by atoms with van der Waals surface area (Å²) in [6.07, 6.45) is 0.559. The van der Waals surface area contributed by atoms with Gasteiger partial charge in [-0.05, 0) is 12.1 Å². The van der Waals surface area contributed by atoms with Crippen LogP contribution < -0.4 is 11.1 Å². The number of rotatable bonds is 3. The number of imidazole rings is 1. The van der Waals surface area contributed by atoms with E-state index in [1.54, 1.807) is 0 Å². The summed E-state index contributed by atoms with van der Waals surface area (Å²) in [6, 6.07) is 7.96. The Morgan fingerprint density at radius 2 is 2.21 bits per heavy atom. The normalized spacial score (nSPS) is 10.0. The van der Waals surface area contributed by atoms with E-state index in [-0.39, 0.29) is 12.5 Å². The third-order valence-electron chi connectivity index (χ3n) is 2.81. The Labute approximate surface area is 111 Å². The number of aromatic nitrogens is 2. The third-order valence-corrected chi connectivity index (χ3v) is 2.81. The summed E-state index contributed by atoms with van der Waals surface area (Å²) in [5, 5.41) is 2.60. The van der Waals surface area contributed by atoms with Crippen LogP contribution in [0, 0.1) is 11.8 Å². The van der Waals surface area contributed by atoms with E-state index in [1.165, 1.54) is 0 Å². The van der Waals surface area contributed by atoms with E-state index in [2.05, 4.69) is 22.1 Å². The first-order valence-corrected chi connectivity index (χ1v) is 6.05. The molecule has 0 unspecified atom stereocenters. The van der Waals surface area contributed by atoms with Crippen molar-refractivity contribution < 1.29 is 4.79 Å². The molecule has 0 aliphatic rings. The van der Waals surface area contributed by atoms with E-state index in [0.29, 0.717) is 13.0 Å². The molecule has 98 valence electrons. The van der Waals surface area contributed by atoms with Crippen molar-refractivity contribution in [3.63, 3.8) is 0 Å². The van der Waals surface area contributed by atoms with Gasteiger partial charge in [0.25, 0.3) is 0 Å².